The molecule has 172 valence electrons. The second kappa shape index (κ2) is 10.7. The number of hydrogen-bond donors (Lipinski definition) is 1. The van der Waals surface area contributed by atoms with E-state index in [4.69, 9.17) is 9.47 Å². The molecule has 5 nitrogen and oxygen atoms in total. The molecule has 0 radical (unpaired) electrons. The highest BCUT2D eigenvalue weighted by atomic mass is 32.1. The molecule has 2 aromatic carbocycles. The highest BCUT2D eigenvalue weighted by Crippen LogP contribution is 2.39. The van der Waals surface area contributed by atoms with E-state index in [9.17, 15) is 22.7 Å². The summed E-state index contributed by atoms with van der Waals surface area (Å²) in [4.78, 5) is 0. The Morgan fingerprint density at radius 2 is 1.69 bits per heavy atom. The predicted octanol–water partition coefficient (Wildman–Crippen LogP) is 5.70. The van der Waals surface area contributed by atoms with Gasteiger partial charge in [-0.3, -0.25) is 0 Å². The van der Waals surface area contributed by atoms with Gasteiger partial charge in [-0.05, 0) is 43.2 Å². The van der Waals surface area contributed by atoms with Gasteiger partial charge < -0.3 is 14.6 Å². The Kier molecular flexibility index (Phi) is 8.03. The summed E-state index contributed by atoms with van der Waals surface area (Å²) in [5.74, 6) is -0.846. The van der Waals surface area contributed by atoms with Gasteiger partial charge in [0.25, 0.3) is 0 Å². The molecule has 1 heterocycles. The largest absolute Gasteiger partial charge is 0.493 e. The monoisotopic (exact) mass is 470 g/mol. The minimum Gasteiger partial charge on any atom is -0.493 e. The topological polar surface area (TPSA) is 64.5 Å². The van der Waals surface area contributed by atoms with E-state index in [-0.39, 0.29) is 42.8 Å². The van der Waals surface area contributed by atoms with Crippen molar-refractivity contribution < 1.29 is 32.1 Å². The summed E-state index contributed by atoms with van der Waals surface area (Å²) < 4.78 is 64.9. The van der Waals surface area contributed by atoms with Crippen molar-refractivity contribution in [2.45, 2.75) is 31.9 Å². The molecule has 0 amide bonds. The van der Waals surface area contributed by atoms with Crippen molar-refractivity contribution in [3.05, 3.63) is 58.9 Å². The third-order valence-corrected chi connectivity index (χ3v) is 5.76. The van der Waals surface area contributed by atoms with Crippen molar-refractivity contribution in [2.24, 2.45) is 0 Å². The Morgan fingerprint density at radius 1 is 1.00 bits per heavy atom. The SMILES string of the molecule is C[C@H](CO)c1nnc(-c2ccc(OCCCCOc3ccccc3F)c(C(F)(F)F)c2)s1. The number of aromatic nitrogens is 2. The fraction of sp³-hybridized carbons (Fsp3) is 0.364. The van der Waals surface area contributed by atoms with Crippen LogP contribution in [0.25, 0.3) is 10.6 Å². The molecular formula is C22H22F4N2O3S. The maximum Gasteiger partial charge on any atom is 0.419 e. The number of aliphatic hydroxyl groups is 1. The number of alkyl halides is 3. The Hall–Kier alpha value is -2.72. The summed E-state index contributed by atoms with van der Waals surface area (Å²) in [5.41, 5.74) is -0.624. The van der Waals surface area contributed by atoms with Crippen LogP contribution in [-0.2, 0) is 6.18 Å². The summed E-state index contributed by atoms with van der Waals surface area (Å²) in [7, 11) is 0. The maximum atomic E-state index is 13.6. The highest BCUT2D eigenvalue weighted by molar-refractivity contribution is 7.14. The van der Waals surface area contributed by atoms with Crippen molar-refractivity contribution in [1.29, 1.82) is 0 Å². The Morgan fingerprint density at radius 3 is 2.34 bits per heavy atom. The summed E-state index contributed by atoms with van der Waals surface area (Å²) in [6.07, 6.45) is -3.68. The van der Waals surface area contributed by atoms with Crippen LogP contribution >= 0.6 is 11.3 Å². The van der Waals surface area contributed by atoms with Crippen LogP contribution in [0.4, 0.5) is 17.6 Å². The lowest BCUT2D eigenvalue weighted by molar-refractivity contribution is -0.138. The summed E-state index contributed by atoms with van der Waals surface area (Å²) >= 11 is 1.14. The van der Waals surface area contributed by atoms with Gasteiger partial charge in [0.05, 0.1) is 25.4 Å². The van der Waals surface area contributed by atoms with E-state index < -0.39 is 17.6 Å². The van der Waals surface area contributed by atoms with Gasteiger partial charge in [-0.2, -0.15) is 13.2 Å². The van der Waals surface area contributed by atoms with Crippen LogP contribution in [0.5, 0.6) is 11.5 Å². The number of rotatable bonds is 10. The van der Waals surface area contributed by atoms with Gasteiger partial charge in [0.1, 0.15) is 15.8 Å². The second-order valence-electron chi connectivity index (χ2n) is 7.07. The first-order valence-corrected chi connectivity index (χ1v) is 10.8. The highest BCUT2D eigenvalue weighted by Gasteiger charge is 2.35. The van der Waals surface area contributed by atoms with E-state index in [0.717, 1.165) is 17.4 Å². The van der Waals surface area contributed by atoms with E-state index in [2.05, 4.69) is 10.2 Å². The summed E-state index contributed by atoms with van der Waals surface area (Å²) in [6.45, 7) is 1.91. The molecule has 1 aromatic heterocycles. The molecule has 0 aliphatic rings. The van der Waals surface area contributed by atoms with Crippen molar-refractivity contribution in [3.8, 4) is 22.1 Å². The quantitative estimate of drug-likeness (QED) is 0.304. The molecule has 0 aliphatic heterocycles. The van der Waals surface area contributed by atoms with E-state index in [0.29, 0.717) is 22.9 Å². The zero-order valence-corrected chi connectivity index (χ0v) is 18.0. The molecule has 32 heavy (non-hydrogen) atoms. The summed E-state index contributed by atoms with van der Waals surface area (Å²) in [5, 5.41) is 18.0. The van der Waals surface area contributed by atoms with Crippen molar-refractivity contribution >= 4 is 11.3 Å². The van der Waals surface area contributed by atoms with Gasteiger partial charge in [-0.25, -0.2) is 4.39 Å². The third-order valence-electron chi connectivity index (χ3n) is 4.56. The minimum absolute atomic E-state index is 0.0556. The standard InChI is InChI=1S/C22H22F4N2O3S/c1-14(13-29)20-27-28-21(32-20)15-8-9-18(16(12-15)22(24,25)26)30-10-4-5-11-31-19-7-3-2-6-17(19)23/h2-3,6-9,12,14,29H,4-5,10-11,13H2,1H3/t14-/m1/s1. The number of unbranched alkanes of at least 4 members (excludes halogenated alkanes) is 1. The zero-order valence-electron chi connectivity index (χ0n) is 17.2. The van der Waals surface area contributed by atoms with Crippen molar-refractivity contribution in [3.63, 3.8) is 0 Å². The Balaban J connectivity index is 1.60. The van der Waals surface area contributed by atoms with E-state index >= 15 is 0 Å². The first kappa shape index (κ1) is 23.9. The molecule has 0 fully saturated rings. The van der Waals surface area contributed by atoms with Crippen LogP contribution in [0.2, 0.25) is 0 Å². The van der Waals surface area contributed by atoms with Crippen LogP contribution in [0.1, 0.15) is 36.3 Å². The zero-order chi connectivity index (χ0) is 23.1. The van der Waals surface area contributed by atoms with E-state index in [1.54, 1.807) is 19.1 Å². The number of ether oxygens (including phenoxy) is 2. The smallest absolute Gasteiger partial charge is 0.419 e. The maximum absolute atomic E-state index is 13.6. The van der Waals surface area contributed by atoms with E-state index in [1.165, 1.54) is 24.3 Å². The Bertz CT molecular complexity index is 1030. The van der Waals surface area contributed by atoms with Crippen LogP contribution in [0.3, 0.4) is 0 Å². The molecule has 10 heteroatoms. The van der Waals surface area contributed by atoms with Crippen LogP contribution in [-0.4, -0.2) is 35.1 Å². The number of nitrogens with zero attached hydrogens (tertiary/aromatic N) is 2. The number of benzene rings is 2. The lowest BCUT2D eigenvalue weighted by Crippen LogP contribution is -2.10. The van der Waals surface area contributed by atoms with Gasteiger partial charge in [-0.1, -0.05) is 30.4 Å². The molecule has 0 bridgehead atoms. The number of para-hydroxylation sites is 1. The molecule has 0 aliphatic carbocycles. The average molecular weight is 470 g/mol. The van der Waals surface area contributed by atoms with Gasteiger partial charge >= 0.3 is 6.18 Å². The normalized spacial score (nSPS) is 12.6. The third kappa shape index (κ3) is 6.17. The molecule has 3 rings (SSSR count). The fourth-order valence-corrected chi connectivity index (χ4v) is 3.65. The molecule has 3 aromatic rings. The van der Waals surface area contributed by atoms with Crippen molar-refractivity contribution in [2.75, 3.05) is 19.8 Å². The van der Waals surface area contributed by atoms with E-state index in [1.807, 2.05) is 0 Å². The lowest BCUT2D eigenvalue weighted by atomic mass is 10.1. The molecule has 0 spiro atoms. The minimum atomic E-state index is -4.61. The number of hydrogen-bond acceptors (Lipinski definition) is 6. The van der Waals surface area contributed by atoms with Crippen LogP contribution in [0, 0.1) is 5.82 Å². The number of aliphatic hydroxyl groups excluding tert-OH is 1. The first-order chi connectivity index (χ1) is 15.3. The molecule has 0 unspecified atom stereocenters. The first-order valence-electron chi connectivity index (χ1n) is 9.95. The Labute approximate surface area is 186 Å². The van der Waals surface area contributed by atoms with Gasteiger partial charge in [-0.15, -0.1) is 10.2 Å². The van der Waals surface area contributed by atoms with Gasteiger partial charge in [0.2, 0.25) is 0 Å². The molecule has 0 saturated carbocycles. The molecule has 0 saturated heterocycles. The average Bonchev–Trinajstić information content (AvgIpc) is 3.26. The number of halogens is 4. The van der Waals surface area contributed by atoms with Crippen molar-refractivity contribution in [1.82, 2.24) is 10.2 Å². The second-order valence-corrected chi connectivity index (χ2v) is 8.08. The van der Waals surface area contributed by atoms with Gasteiger partial charge in [0.15, 0.2) is 11.6 Å². The summed E-state index contributed by atoms with van der Waals surface area (Å²) in [6, 6.07) is 9.76. The van der Waals surface area contributed by atoms with Gasteiger partial charge in [0, 0.05) is 11.5 Å². The van der Waals surface area contributed by atoms with Crippen LogP contribution in [0.15, 0.2) is 42.5 Å². The fourth-order valence-electron chi connectivity index (χ4n) is 2.77. The predicted molar refractivity (Wildman–Crippen MR) is 112 cm³/mol. The molecular weight excluding hydrogens is 448 g/mol. The lowest BCUT2D eigenvalue weighted by Gasteiger charge is -2.15. The molecule has 1 N–H and O–H groups in total. The van der Waals surface area contributed by atoms with Crippen LogP contribution < -0.4 is 9.47 Å². The molecule has 1 atom stereocenters.